The van der Waals surface area contributed by atoms with Gasteiger partial charge in [0, 0.05) is 31.3 Å². The quantitative estimate of drug-likeness (QED) is 0.145. The Hall–Kier alpha value is -3.96. The average molecular weight is 633 g/mol. The monoisotopic (exact) mass is 632 g/mol. The molecule has 0 spiro atoms. The standard InChI is InChI=1S/C35H39NO8S/c1-45(39,40)44-25-31-21-36(35(37)38)22-33(43-24-27-12-13-28-10-5-6-11-30(28)20-27)34(31)29-14-16-32(17-15-29)42-19-7-18-41-23-26-8-3-2-4-9-26/h2-6,8-17,20,31,33-34H,7,18-19,21-25H2,1H3,(H,37,38)/p-1. The Kier molecular flexibility index (Phi) is 11.1. The summed E-state index contributed by atoms with van der Waals surface area (Å²) in [6.45, 7) is 1.81. The van der Waals surface area contributed by atoms with E-state index in [1.54, 1.807) is 0 Å². The summed E-state index contributed by atoms with van der Waals surface area (Å²) in [6, 6.07) is 31.6. The van der Waals surface area contributed by atoms with Gasteiger partial charge in [-0.25, -0.2) is 0 Å². The summed E-state index contributed by atoms with van der Waals surface area (Å²) in [5.41, 5.74) is 2.94. The van der Waals surface area contributed by atoms with Crippen molar-refractivity contribution in [1.82, 2.24) is 4.90 Å². The SMILES string of the molecule is CS(=O)(=O)OCC1CN(C(=O)[O-])CC(OCc2ccc3ccccc3c2)C1c1ccc(OCCCOCc2ccccc2)cc1. The molecule has 1 aliphatic rings. The number of hydrogen-bond donors (Lipinski definition) is 0. The highest BCUT2D eigenvalue weighted by molar-refractivity contribution is 7.85. The van der Waals surface area contributed by atoms with Crippen LogP contribution in [-0.4, -0.2) is 64.7 Å². The molecule has 0 bridgehead atoms. The second kappa shape index (κ2) is 15.4. The molecule has 0 aromatic heterocycles. The van der Waals surface area contributed by atoms with Crippen LogP contribution in [0.5, 0.6) is 5.75 Å². The largest absolute Gasteiger partial charge is 0.530 e. The fraction of sp³-hybridized carbons (Fsp3) is 0.343. The highest BCUT2D eigenvalue weighted by Gasteiger charge is 2.39. The second-order valence-electron chi connectivity index (χ2n) is 11.3. The van der Waals surface area contributed by atoms with Gasteiger partial charge in [0.15, 0.2) is 0 Å². The number of hydrogen-bond acceptors (Lipinski definition) is 8. The first kappa shape index (κ1) is 32.4. The fourth-order valence-electron chi connectivity index (χ4n) is 5.70. The van der Waals surface area contributed by atoms with Crippen LogP contribution in [-0.2, 0) is 37.0 Å². The van der Waals surface area contributed by atoms with Crippen molar-refractivity contribution in [2.45, 2.75) is 31.7 Å². The smallest absolute Gasteiger partial charge is 0.264 e. The summed E-state index contributed by atoms with van der Waals surface area (Å²) in [6.07, 6.45) is -0.210. The van der Waals surface area contributed by atoms with Gasteiger partial charge in [0.25, 0.3) is 10.1 Å². The molecule has 1 saturated heterocycles. The van der Waals surface area contributed by atoms with Crippen LogP contribution in [0.1, 0.15) is 29.0 Å². The third kappa shape index (κ3) is 9.51. The van der Waals surface area contributed by atoms with Crippen LogP contribution >= 0.6 is 0 Å². The lowest BCUT2D eigenvalue weighted by Gasteiger charge is -2.44. The molecule has 0 N–H and O–H groups in total. The molecule has 9 nitrogen and oxygen atoms in total. The molecule has 1 amide bonds. The molecule has 0 radical (unpaired) electrons. The Bertz CT molecular complexity index is 1650. The Morgan fingerprint density at radius 3 is 2.31 bits per heavy atom. The van der Waals surface area contributed by atoms with Crippen LogP contribution in [0.4, 0.5) is 4.79 Å². The van der Waals surface area contributed by atoms with Gasteiger partial charge in [0.2, 0.25) is 0 Å². The van der Waals surface area contributed by atoms with Crippen LogP contribution in [0.3, 0.4) is 0 Å². The predicted octanol–water partition coefficient (Wildman–Crippen LogP) is 4.75. The van der Waals surface area contributed by atoms with E-state index in [2.05, 4.69) is 0 Å². The molecule has 238 valence electrons. The number of carbonyl (C=O) groups is 1. The van der Waals surface area contributed by atoms with Crippen molar-refractivity contribution in [1.29, 1.82) is 0 Å². The normalized spacial score (nSPS) is 18.6. The molecule has 5 rings (SSSR count). The van der Waals surface area contributed by atoms with Crippen molar-refractivity contribution < 1.29 is 36.7 Å². The Balaban J connectivity index is 1.26. The molecule has 0 aliphatic carbocycles. The Labute approximate surface area is 264 Å². The van der Waals surface area contributed by atoms with Crippen molar-refractivity contribution in [3.63, 3.8) is 0 Å². The van der Waals surface area contributed by atoms with Crippen LogP contribution in [0, 0.1) is 5.92 Å². The first-order valence-electron chi connectivity index (χ1n) is 15.0. The minimum atomic E-state index is -3.75. The molecule has 3 unspecified atom stereocenters. The summed E-state index contributed by atoms with van der Waals surface area (Å²) in [5.74, 6) is -0.156. The number of likely N-dealkylation sites (tertiary alicyclic amines) is 1. The van der Waals surface area contributed by atoms with Crippen molar-refractivity contribution in [3.8, 4) is 5.75 Å². The molecular formula is C35H38NO8S-. The van der Waals surface area contributed by atoms with Crippen LogP contribution < -0.4 is 9.84 Å². The number of piperidine rings is 1. The number of fused-ring (bicyclic) bond motifs is 1. The maximum atomic E-state index is 12.0. The van der Waals surface area contributed by atoms with E-state index in [1.807, 2.05) is 97.1 Å². The summed E-state index contributed by atoms with van der Waals surface area (Å²) < 4.78 is 47.0. The topological polar surface area (TPSA) is 114 Å². The van der Waals surface area contributed by atoms with Crippen LogP contribution in [0.25, 0.3) is 10.8 Å². The lowest BCUT2D eigenvalue weighted by Crippen LogP contribution is -2.55. The van der Waals surface area contributed by atoms with Gasteiger partial charge in [-0.05, 0) is 45.7 Å². The van der Waals surface area contributed by atoms with Gasteiger partial charge in [-0.1, -0.05) is 78.9 Å². The molecule has 4 aromatic carbocycles. The van der Waals surface area contributed by atoms with Gasteiger partial charge >= 0.3 is 0 Å². The molecule has 1 fully saturated rings. The third-order valence-corrected chi connectivity index (χ3v) is 8.44. The van der Waals surface area contributed by atoms with E-state index in [0.717, 1.165) is 45.0 Å². The molecule has 10 heteroatoms. The number of benzene rings is 4. The summed E-state index contributed by atoms with van der Waals surface area (Å²) in [7, 11) is -3.75. The summed E-state index contributed by atoms with van der Waals surface area (Å²) in [5, 5.41) is 14.2. The third-order valence-electron chi connectivity index (χ3n) is 7.87. The molecule has 0 saturated carbocycles. The Morgan fingerprint density at radius 2 is 1.58 bits per heavy atom. The van der Waals surface area contributed by atoms with Gasteiger partial charge in [0.1, 0.15) is 11.8 Å². The molecular weight excluding hydrogens is 594 g/mol. The first-order valence-corrected chi connectivity index (χ1v) is 16.8. The van der Waals surface area contributed by atoms with Crippen molar-refractivity contribution >= 4 is 27.0 Å². The van der Waals surface area contributed by atoms with Gasteiger partial charge in [-0.2, -0.15) is 8.42 Å². The minimum Gasteiger partial charge on any atom is -0.530 e. The predicted molar refractivity (Wildman–Crippen MR) is 169 cm³/mol. The van der Waals surface area contributed by atoms with Crippen molar-refractivity contribution in [2.24, 2.45) is 5.92 Å². The Morgan fingerprint density at radius 1 is 0.844 bits per heavy atom. The fourth-order valence-corrected chi connectivity index (χ4v) is 6.12. The minimum absolute atomic E-state index is 0.0551. The van der Waals surface area contributed by atoms with Gasteiger partial charge in [0.05, 0.1) is 45.4 Å². The molecule has 45 heavy (non-hydrogen) atoms. The van der Waals surface area contributed by atoms with E-state index in [0.29, 0.717) is 25.6 Å². The summed E-state index contributed by atoms with van der Waals surface area (Å²) >= 11 is 0. The number of rotatable bonds is 14. The number of carboxylic acid groups (broad SMARTS) is 1. The highest BCUT2D eigenvalue weighted by atomic mass is 32.2. The van der Waals surface area contributed by atoms with E-state index < -0.39 is 28.2 Å². The van der Waals surface area contributed by atoms with Crippen LogP contribution in [0.15, 0.2) is 97.1 Å². The zero-order valence-corrected chi connectivity index (χ0v) is 26.1. The van der Waals surface area contributed by atoms with Gasteiger partial charge < -0.3 is 29.0 Å². The summed E-state index contributed by atoms with van der Waals surface area (Å²) in [4.78, 5) is 13.1. The maximum Gasteiger partial charge on any atom is 0.264 e. The van der Waals surface area contributed by atoms with Crippen molar-refractivity contribution in [3.05, 3.63) is 114 Å². The number of ether oxygens (including phenoxy) is 3. The molecule has 3 atom stereocenters. The number of nitrogens with zero attached hydrogens (tertiary/aromatic N) is 1. The first-order chi connectivity index (χ1) is 21.7. The average Bonchev–Trinajstić information content (AvgIpc) is 3.04. The highest BCUT2D eigenvalue weighted by Crippen LogP contribution is 2.37. The van der Waals surface area contributed by atoms with Crippen molar-refractivity contribution in [2.75, 3.05) is 39.2 Å². The van der Waals surface area contributed by atoms with E-state index in [9.17, 15) is 18.3 Å². The van der Waals surface area contributed by atoms with Crippen LogP contribution in [0.2, 0.25) is 0 Å². The zero-order chi connectivity index (χ0) is 31.6. The molecule has 1 aliphatic heterocycles. The van der Waals surface area contributed by atoms with E-state index in [-0.39, 0.29) is 32.2 Å². The van der Waals surface area contributed by atoms with Gasteiger partial charge in [-0.3, -0.25) is 4.18 Å². The maximum absolute atomic E-state index is 12.0. The molecule has 1 heterocycles. The zero-order valence-electron chi connectivity index (χ0n) is 25.2. The lowest BCUT2D eigenvalue weighted by atomic mass is 9.79. The van der Waals surface area contributed by atoms with E-state index >= 15 is 0 Å². The number of carbonyl (C=O) groups excluding carboxylic acids is 1. The lowest BCUT2D eigenvalue weighted by molar-refractivity contribution is -0.270. The van der Waals surface area contributed by atoms with Gasteiger partial charge in [-0.15, -0.1) is 0 Å². The second-order valence-corrected chi connectivity index (χ2v) is 12.9. The molecule has 4 aromatic rings. The van der Waals surface area contributed by atoms with E-state index in [4.69, 9.17) is 18.4 Å². The number of amides is 1. The van der Waals surface area contributed by atoms with E-state index in [1.165, 1.54) is 0 Å².